The standard InChI is InChI=1S/C12H21NO2/c1-8(2)9(3)12(15)13-10-4-6-11(14)7-5-10/h8-10H,4-7H2,1-3H3,(H,13,15). The molecule has 1 atom stereocenters. The van der Waals surface area contributed by atoms with Gasteiger partial charge in [0, 0.05) is 24.8 Å². The molecule has 1 aliphatic rings. The van der Waals surface area contributed by atoms with Crippen LogP contribution in [0.15, 0.2) is 0 Å². The number of hydrogen-bond donors (Lipinski definition) is 1. The second-order valence-electron chi connectivity index (χ2n) is 4.85. The van der Waals surface area contributed by atoms with Crippen LogP contribution in [0.3, 0.4) is 0 Å². The Morgan fingerprint density at radius 2 is 1.80 bits per heavy atom. The van der Waals surface area contributed by atoms with E-state index in [2.05, 4.69) is 19.2 Å². The molecule has 0 heterocycles. The molecule has 0 aliphatic heterocycles. The van der Waals surface area contributed by atoms with Crippen molar-refractivity contribution >= 4 is 11.7 Å². The molecule has 1 amide bonds. The van der Waals surface area contributed by atoms with Gasteiger partial charge in [-0.15, -0.1) is 0 Å². The van der Waals surface area contributed by atoms with Gasteiger partial charge < -0.3 is 5.32 Å². The van der Waals surface area contributed by atoms with E-state index in [-0.39, 0.29) is 17.9 Å². The maximum Gasteiger partial charge on any atom is 0.223 e. The second kappa shape index (κ2) is 5.29. The summed E-state index contributed by atoms with van der Waals surface area (Å²) in [6, 6.07) is 0.219. The summed E-state index contributed by atoms with van der Waals surface area (Å²) in [5.74, 6) is 0.889. The van der Waals surface area contributed by atoms with Gasteiger partial charge in [-0.25, -0.2) is 0 Å². The fourth-order valence-electron chi connectivity index (χ4n) is 1.72. The molecule has 0 bridgehead atoms. The molecule has 0 radical (unpaired) electrons. The van der Waals surface area contributed by atoms with Crippen molar-refractivity contribution in [2.24, 2.45) is 11.8 Å². The topological polar surface area (TPSA) is 46.2 Å². The average Bonchev–Trinajstić information content (AvgIpc) is 2.20. The van der Waals surface area contributed by atoms with Gasteiger partial charge in [-0.05, 0) is 18.8 Å². The zero-order valence-corrected chi connectivity index (χ0v) is 9.88. The minimum atomic E-state index is 0.0580. The summed E-state index contributed by atoms with van der Waals surface area (Å²) in [4.78, 5) is 22.8. The summed E-state index contributed by atoms with van der Waals surface area (Å²) in [6.07, 6.45) is 2.88. The van der Waals surface area contributed by atoms with Crippen LogP contribution in [-0.2, 0) is 9.59 Å². The van der Waals surface area contributed by atoms with Crippen LogP contribution in [-0.4, -0.2) is 17.7 Å². The van der Waals surface area contributed by atoms with E-state index in [0.717, 1.165) is 12.8 Å². The molecule has 0 aromatic carbocycles. The number of hydrogen-bond acceptors (Lipinski definition) is 2. The van der Waals surface area contributed by atoms with E-state index in [9.17, 15) is 9.59 Å². The van der Waals surface area contributed by atoms with Crippen molar-refractivity contribution in [1.82, 2.24) is 5.32 Å². The number of nitrogens with one attached hydrogen (secondary N) is 1. The molecule has 1 rings (SSSR count). The highest BCUT2D eigenvalue weighted by molar-refractivity contribution is 5.81. The number of ketones is 1. The molecule has 1 aliphatic carbocycles. The number of Topliss-reactive ketones (excluding diaryl/α,β-unsaturated/α-hetero) is 1. The molecule has 86 valence electrons. The van der Waals surface area contributed by atoms with Crippen LogP contribution < -0.4 is 5.32 Å². The number of carbonyl (C=O) groups is 2. The third kappa shape index (κ3) is 3.65. The van der Waals surface area contributed by atoms with E-state index in [1.54, 1.807) is 0 Å². The van der Waals surface area contributed by atoms with Crippen molar-refractivity contribution in [3.63, 3.8) is 0 Å². The van der Waals surface area contributed by atoms with Gasteiger partial charge >= 0.3 is 0 Å². The summed E-state index contributed by atoms with van der Waals surface area (Å²) in [5.41, 5.74) is 0. The zero-order chi connectivity index (χ0) is 11.4. The smallest absolute Gasteiger partial charge is 0.223 e. The van der Waals surface area contributed by atoms with Crippen LogP contribution in [0, 0.1) is 11.8 Å². The van der Waals surface area contributed by atoms with Gasteiger partial charge in [-0.2, -0.15) is 0 Å². The van der Waals surface area contributed by atoms with Crippen molar-refractivity contribution in [3.8, 4) is 0 Å². The maximum absolute atomic E-state index is 11.7. The Labute approximate surface area is 91.6 Å². The lowest BCUT2D eigenvalue weighted by Gasteiger charge is -2.25. The predicted molar refractivity (Wildman–Crippen MR) is 59.4 cm³/mol. The Balaban J connectivity index is 2.35. The molecule has 1 N–H and O–H groups in total. The normalized spacial score (nSPS) is 20.4. The molecule has 1 unspecified atom stereocenters. The Bertz CT molecular complexity index is 238. The quantitative estimate of drug-likeness (QED) is 0.775. The number of rotatable bonds is 3. The first-order valence-electron chi connectivity index (χ1n) is 5.82. The van der Waals surface area contributed by atoms with Crippen LogP contribution in [0.4, 0.5) is 0 Å². The van der Waals surface area contributed by atoms with Crippen LogP contribution in [0.5, 0.6) is 0 Å². The molecule has 0 aromatic heterocycles. The van der Waals surface area contributed by atoms with Gasteiger partial charge in [0.1, 0.15) is 5.78 Å². The monoisotopic (exact) mass is 211 g/mol. The largest absolute Gasteiger partial charge is 0.353 e. The van der Waals surface area contributed by atoms with Crippen molar-refractivity contribution < 1.29 is 9.59 Å². The lowest BCUT2D eigenvalue weighted by atomic mass is 9.92. The van der Waals surface area contributed by atoms with Crippen LogP contribution >= 0.6 is 0 Å². The lowest BCUT2D eigenvalue weighted by molar-refractivity contribution is -0.128. The second-order valence-corrected chi connectivity index (χ2v) is 4.85. The molecule has 15 heavy (non-hydrogen) atoms. The van der Waals surface area contributed by atoms with E-state index in [1.165, 1.54) is 0 Å². The molecule has 1 saturated carbocycles. The van der Waals surface area contributed by atoms with E-state index in [4.69, 9.17) is 0 Å². The van der Waals surface area contributed by atoms with E-state index in [0.29, 0.717) is 24.5 Å². The van der Waals surface area contributed by atoms with Gasteiger partial charge in [0.05, 0.1) is 0 Å². The van der Waals surface area contributed by atoms with Crippen molar-refractivity contribution in [2.75, 3.05) is 0 Å². The molecule has 3 heteroatoms. The fraction of sp³-hybridized carbons (Fsp3) is 0.833. The van der Waals surface area contributed by atoms with Gasteiger partial charge in [0.2, 0.25) is 5.91 Å². The molecule has 0 spiro atoms. The molecule has 1 fully saturated rings. The Morgan fingerprint density at radius 1 is 1.27 bits per heavy atom. The average molecular weight is 211 g/mol. The van der Waals surface area contributed by atoms with Gasteiger partial charge in [0.15, 0.2) is 0 Å². The first-order valence-corrected chi connectivity index (χ1v) is 5.82. The van der Waals surface area contributed by atoms with Crippen molar-refractivity contribution in [1.29, 1.82) is 0 Å². The first-order chi connectivity index (χ1) is 7.00. The lowest BCUT2D eigenvalue weighted by Crippen LogP contribution is -2.41. The summed E-state index contributed by atoms with van der Waals surface area (Å²) in [6.45, 7) is 6.05. The highest BCUT2D eigenvalue weighted by Crippen LogP contribution is 2.16. The number of carbonyl (C=O) groups excluding carboxylic acids is 2. The van der Waals surface area contributed by atoms with E-state index < -0.39 is 0 Å². The molecule has 0 saturated heterocycles. The summed E-state index contributed by atoms with van der Waals surface area (Å²) >= 11 is 0. The van der Waals surface area contributed by atoms with Crippen LogP contribution in [0.2, 0.25) is 0 Å². The third-order valence-electron chi connectivity index (χ3n) is 3.30. The van der Waals surface area contributed by atoms with Crippen molar-refractivity contribution in [2.45, 2.75) is 52.5 Å². The molecule has 3 nitrogen and oxygen atoms in total. The third-order valence-corrected chi connectivity index (χ3v) is 3.30. The SMILES string of the molecule is CC(C)C(C)C(=O)NC1CCC(=O)CC1. The van der Waals surface area contributed by atoms with E-state index in [1.807, 2.05) is 6.92 Å². The van der Waals surface area contributed by atoms with Gasteiger partial charge in [-0.1, -0.05) is 20.8 Å². The Kier molecular flexibility index (Phi) is 4.30. The minimum absolute atomic E-state index is 0.0580. The predicted octanol–water partition coefficient (Wildman–Crippen LogP) is 1.91. The minimum Gasteiger partial charge on any atom is -0.353 e. The molecular weight excluding hydrogens is 190 g/mol. The maximum atomic E-state index is 11.7. The van der Waals surface area contributed by atoms with Crippen LogP contribution in [0.25, 0.3) is 0 Å². The molecule has 0 aromatic rings. The summed E-state index contributed by atoms with van der Waals surface area (Å²) < 4.78 is 0. The van der Waals surface area contributed by atoms with Crippen LogP contribution in [0.1, 0.15) is 46.5 Å². The van der Waals surface area contributed by atoms with Crippen molar-refractivity contribution in [3.05, 3.63) is 0 Å². The van der Waals surface area contributed by atoms with Gasteiger partial charge in [-0.3, -0.25) is 9.59 Å². The number of amides is 1. The Morgan fingerprint density at radius 3 is 2.27 bits per heavy atom. The Hall–Kier alpha value is -0.860. The van der Waals surface area contributed by atoms with Gasteiger partial charge in [0.25, 0.3) is 0 Å². The fourth-order valence-corrected chi connectivity index (χ4v) is 1.72. The summed E-state index contributed by atoms with van der Waals surface area (Å²) in [7, 11) is 0. The zero-order valence-electron chi connectivity index (χ0n) is 9.88. The van der Waals surface area contributed by atoms with E-state index >= 15 is 0 Å². The highest BCUT2D eigenvalue weighted by Gasteiger charge is 2.23. The molecular formula is C12H21NO2. The summed E-state index contributed by atoms with van der Waals surface area (Å²) in [5, 5.41) is 3.03. The highest BCUT2D eigenvalue weighted by atomic mass is 16.2. The first kappa shape index (κ1) is 12.2.